The maximum Gasteiger partial charge on any atom is 0.348 e. The van der Waals surface area contributed by atoms with Gasteiger partial charge in [0, 0.05) is 30.1 Å². The van der Waals surface area contributed by atoms with Gasteiger partial charge in [-0.1, -0.05) is 11.6 Å². The van der Waals surface area contributed by atoms with Crippen molar-refractivity contribution >= 4 is 33.4 Å². The van der Waals surface area contributed by atoms with Crippen molar-refractivity contribution in [1.29, 1.82) is 0 Å². The molecule has 0 N–H and O–H groups in total. The van der Waals surface area contributed by atoms with E-state index in [1.807, 2.05) is 0 Å². The molecule has 1 saturated heterocycles. The quantitative estimate of drug-likeness (QED) is 0.475. The van der Waals surface area contributed by atoms with Gasteiger partial charge in [-0.3, -0.25) is 4.79 Å². The van der Waals surface area contributed by atoms with Gasteiger partial charge in [0.15, 0.2) is 18.5 Å². The average Bonchev–Trinajstić information content (AvgIpc) is 3.21. The Balaban J connectivity index is 1.33. The minimum atomic E-state index is -3.64. The second kappa shape index (κ2) is 8.96. The molecule has 2 aromatic rings. The van der Waals surface area contributed by atoms with Gasteiger partial charge < -0.3 is 14.2 Å². The number of fused-ring (bicyclic) bond motifs is 1. The molecule has 0 saturated carbocycles. The molecule has 164 valence electrons. The first-order valence-corrected chi connectivity index (χ1v) is 11.5. The minimum Gasteiger partial charge on any atom is -0.478 e. The SMILES string of the molecule is O=C(COC(=O)C1Cc2cc(Cl)ccc2O1)c1ccc(S(=O)(=O)N2CCOCC2)cc1. The smallest absolute Gasteiger partial charge is 0.348 e. The number of hydrogen-bond acceptors (Lipinski definition) is 7. The zero-order valence-corrected chi connectivity index (χ0v) is 18.0. The highest BCUT2D eigenvalue weighted by Gasteiger charge is 2.31. The van der Waals surface area contributed by atoms with Crippen LogP contribution in [0.15, 0.2) is 47.4 Å². The fourth-order valence-corrected chi connectivity index (χ4v) is 5.01. The molecular weight excluding hydrogens is 446 g/mol. The molecule has 8 nitrogen and oxygen atoms in total. The first kappa shape index (κ1) is 21.8. The van der Waals surface area contributed by atoms with E-state index < -0.39 is 34.5 Å². The van der Waals surface area contributed by atoms with Crippen LogP contribution >= 0.6 is 11.6 Å². The van der Waals surface area contributed by atoms with Gasteiger partial charge in [-0.25, -0.2) is 13.2 Å². The van der Waals surface area contributed by atoms with Gasteiger partial charge in [-0.15, -0.1) is 0 Å². The monoisotopic (exact) mass is 465 g/mol. The third-order valence-electron chi connectivity index (χ3n) is 5.09. The summed E-state index contributed by atoms with van der Waals surface area (Å²) in [5.41, 5.74) is 1.05. The summed E-state index contributed by atoms with van der Waals surface area (Å²) in [6.45, 7) is 0.815. The Morgan fingerprint density at radius 2 is 1.81 bits per heavy atom. The van der Waals surface area contributed by atoms with Crippen molar-refractivity contribution < 1.29 is 32.2 Å². The average molecular weight is 466 g/mol. The number of halogens is 1. The number of benzene rings is 2. The molecule has 1 fully saturated rings. The third kappa shape index (κ3) is 4.74. The first-order chi connectivity index (χ1) is 14.8. The topological polar surface area (TPSA) is 99.2 Å². The van der Waals surface area contributed by atoms with Gasteiger partial charge in [0.25, 0.3) is 0 Å². The highest BCUT2D eigenvalue weighted by Crippen LogP contribution is 2.31. The summed E-state index contributed by atoms with van der Waals surface area (Å²) in [4.78, 5) is 24.7. The van der Waals surface area contributed by atoms with Gasteiger partial charge >= 0.3 is 5.97 Å². The van der Waals surface area contributed by atoms with Gasteiger partial charge in [0.1, 0.15) is 5.75 Å². The van der Waals surface area contributed by atoms with Crippen molar-refractivity contribution in [3.63, 3.8) is 0 Å². The number of rotatable bonds is 6. The van der Waals surface area contributed by atoms with Crippen LogP contribution in [0.5, 0.6) is 5.75 Å². The van der Waals surface area contributed by atoms with Gasteiger partial charge in [-0.05, 0) is 48.0 Å². The number of carbonyl (C=O) groups is 2. The van der Waals surface area contributed by atoms with E-state index >= 15 is 0 Å². The van der Waals surface area contributed by atoms with Gasteiger partial charge in [0.05, 0.1) is 18.1 Å². The largest absolute Gasteiger partial charge is 0.478 e. The molecule has 0 aliphatic carbocycles. The summed E-state index contributed by atoms with van der Waals surface area (Å²) in [5.74, 6) is -0.524. The molecule has 1 unspecified atom stereocenters. The fraction of sp³-hybridized carbons (Fsp3) is 0.333. The summed E-state index contributed by atoms with van der Waals surface area (Å²) >= 11 is 5.94. The van der Waals surface area contributed by atoms with Crippen molar-refractivity contribution in [2.24, 2.45) is 0 Å². The van der Waals surface area contributed by atoms with E-state index in [0.717, 1.165) is 5.56 Å². The van der Waals surface area contributed by atoms with Crippen LogP contribution in [-0.2, 0) is 30.7 Å². The summed E-state index contributed by atoms with van der Waals surface area (Å²) in [5, 5.41) is 0.547. The second-order valence-corrected chi connectivity index (χ2v) is 9.51. The molecule has 2 aliphatic rings. The van der Waals surface area contributed by atoms with Crippen molar-refractivity contribution in [2.75, 3.05) is 32.9 Å². The molecule has 1 atom stereocenters. The number of ketones is 1. The maximum absolute atomic E-state index is 12.6. The van der Waals surface area contributed by atoms with E-state index in [4.69, 9.17) is 25.8 Å². The Kier molecular flexibility index (Phi) is 6.29. The van der Waals surface area contributed by atoms with Crippen LogP contribution in [0.2, 0.25) is 5.02 Å². The number of morpholine rings is 1. The highest BCUT2D eigenvalue weighted by atomic mass is 35.5. The molecule has 0 amide bonds. The minimum absolute atomic E-state index is 0.0960. The maximum atomic E-state index is 12.6. The third-order valence-corrected chi connectivity index (χ3v) is 7.24. The summed E-state index contributed by atoms with van der Waals surface area (Å²) < 4.78 is 42.5. The summed E-state index contributed by atoms with van der Waals surface area (Å²) in [6.07, 6.45) is -0.515. The van der Waals surface area contributed by atoms with Crippen molar-refractivity contribution in [3.05, 3.63) is 58.6 Å². The lowest BCUT2D eigenvalue weighted by atomic mass is 10.1. The van der Waals surface area contributed by atoms with Crippen LogP contribution in [0, 0.1) is 0 Å². The second-order valence-electron chi connectivity index (χ2n) is 7.13. The van der Waals surface area contributed by atoms with Crippen molar-refractivity contribution in [1.82, 2.24) is 4.31 Å². The molecule has 0 radical (unpaired) electrons. The Hall–Kier alpha value is -2.46. The molecule has 31 heavy (non-hydrogen) atoms. The number of nitrogens with zero attached hydrogens (tertiary/aromatic N) is 1. The van der Waals surface area contributed by atoms with E-state index in [9.17, 15) is 18.0 Å². The molecule has 10 heteroatoms. The molecule has 0 aromatic heterocycles. The number of carbonyl (C=O) groups excluding carboxylic acids is 2. The lowest BCUT2D eigenvalue weighted by Gasteiger charge is -2.26. The molecule has 2 aliphatic heterocycles. The molecule has 4 rings (SSSR count). The van der Waals surface area contributed by atoms with Crippen LogP contribution in [0.3, 0.4) is 0 Å². The zero-order chi connectivity index (χ0) is 22.0. The van der Waals surface area contributed by atoms with Crippen molar-refractivity contribution in [2.45, 2.75) is 17.4 Å². The lowest BCUT2D eigenvalue weighted by Crippen LogP contribution is -2.40. The van der Waals surface area contributed by atoms with E-state index in [1.165, 1.54) is 28.6 Å². The lowest BCUT2D eigenvalue weighted by molar-refractivity contribution is -0.149. The fourth-order valence-electron chi connectivity index (χ4n) is 3.41. The molecule has 2 heterocycles. The molecular formula is C21H20ClNO7S. The van der Waals surface area contributed by atoms with Gasteiger partial charge in [-0.2, -0.15) is 4.31 Å². The van der Waals surface area contributed by atoms with Crippen molar-refractivity contribution in [3.8, 4) is 5.75 Å². The number of hydrogen-bond donors (Lipinski definition) is 0. The Morgan fingerprint density at radius 3 is 2.52 bits per heavy atom. The van der Waals surface area contributed by atoms with E-state index in [2.05, 4.69) is 0 Å². The molecule has 2 aromatic carbocycles. The normalized spacial score (nSPS) is 18.8. The summed E-state index contributed by atoms with van der Waals surface area (Å²) in [6, 6.07) is 10.6. The zero-order valence-electron chi connectivity index (χ0n) is 16.5. The highest BCUT2D eigenvalue weighted by molar-refractivity contribution is 7.89. The van der Waals surface area contributed by atoms with Crippen LogP contribution in [-0.4, -0.2) is 63.5 Å². The summed E-state index contributed by atoms with van der Waals surface area (Å²) in [7, 11) is -3.64. The predicted molar refractivity (Wildman–Crippen MR) is 111 cm³/mol. The molecule has 0 spiro atoms. The number of sulfonamides is 1. The number of ether oxygens (including phenoxy) is 3. The Bertz CT molecular complexity index is 1100. The Morgan fingerprint density at radius 1 is 1.10 bits per heavy atom. The standard InChI is InChI=1S/C21H20ClNO7S/c22-16-3-6-19-15(11-16)12-20(30-19)21(25)29-13-18(24)14-1-4-17(5-2-14)31(26,27)23-7-9-28-10-8-23/h1-6,11,20H,7-10,12-13H2. The molecule has 0 bridgehead atoms. The number of Topliss-reactive ketones (excluding diaryl/α,β-unsaturated/α-hetero) is 1. The van der Waals surface area contributed by atoms with Crippen LogP contribution in [0.1, 0.15) is 15.9 Å². The number of esters is 1. The van der Waals surface area contributed by atoms with E-state index in [0.29, 0.717) is 30.4 Å². The van der Waals surface area contributed by atoms with E-state index in [1.54, 1.807) is 18.2 Å². The van der Waals surface area contributed by atoms with Crippen LogP contribution < -0.4 is 4.74 Å². The van der Waals surface area contributed by atoms with Crippen LogP contribution in [0.25, 0.3) is 0 Å². The first-order valence-electron chi connectivity index (χ1n) is 9.67. The van der Waals surface area contributed by atoms with Crippen LogP contribution in [0.4, 0.5) is 0 Å². The van der Waals surface area contributed by atoms with Gasteiger partial charge in [0.2, 0.25) is 10.0 Å². The van der Waals surface area contributed by atoms with E-state index in [-0.39, 0.29) is 23.5 Å². The Labute approximate surface area is 184 Å². The predicted octanol–water partition coefficient (Wildman–Crippen LogP) is 2.09.